The Bertz CT molecular complexity index is 252. The van der Waals surface area contributed by atoms with E-state index in [4.69, 9.17) is 0 Å². The molecule has 0 aromatic rings. The summed E-state index contributed by atoms with van der Waals surface area (Å²) in [5, 5.41) is 3.74. The molecule has 1 nitrogen and oxygen atoms in total. The molecule has 16 heavy (non-hydrogen) atoms. The highest BCUT2D eigenvalue weighted by atomic mass is 14.9. The third-order valence-corrected chi connectivity index (χ3v) is 4.02. The average Bonchev–Trinajstić information content (AvgIpc) is 2.97. The highest BCUT2D eigenvalue weighted by molar-refractivity contribution is 5.06. The van der Waals surface area contributed by atoms with Crippen molar-refractivity contribution in [3.8, 4) is 0 Å². The Morgan fingerprint density at radius 1 is 1.38 bits per heavy atom. The molecule has 0 aromatic heterocycles. The van der Waals surface area contributed by atoms with Gasteiger partial charge in [0.25, 0.3) is 0 Å². The summed E-state index contributed by atoms with van der Waals surface area (Å²) in [6, 6.07) is 0.731. The lowest BCUT2D eigenvalue weighted by atomic mass is 9.83. The van der Waals surface area contributed by atoms with Crippen molar-refractivity contribution in [3.05, 3.63) is 11.6 Å². The molecule has 0 radical (unpaired) electrons. The zero-order valence-electron chi connectivity index (χ0n) is 11.1. The predicted octanol–water partition coefficient (Wildman–Crippen LogP) is 3.76. The van der Waals surface area contributed by atoms with Crippen LogP contribution in [0.2, 0.25) is 0 Å². The number of allylic oxidation sites excluding steroid dienone is 2. The summed E-state index contributed by atoms with van der Waals surface area (Å²) in [5.74, 6) is 2.72. The van der Waals surface area contributed by atoms with Gasteiger partial charge in [-0.05, 0) is 57.4 Å². The molecule has 3 unspecified atom stereocenters. The predicted molar refractivity (Wildman–Crippen MR) is 70.5 cm³/mol. The SMILES string of the molecule is CC1=CC(C)CC(CNC(C)CC2CC2)C1. The van der Waals surface area contributed by atoms with E-state index in [1.807, 2.05) is 0 Å². The van der Waals surface area contributed by atoms with Crippen LogP contribution in [0.1, 0.15) is 52.9 Å². The molecule has 0 amide bonds. The van der Waals surface area contributed by atoms with Crippen LogP contribution in [-0.2, 0) is 0 Å². The molecule has 0 aliphatic heterocycles. The van der Waals surface area contributed by atoms with Gasteiger partial charge in [-0.1, -0.05) is 31.4 Å². The molecule has 0 bridgehead atoms. The van der Waals surface area contributed by atoms with Gasteiger partial charge in [0.1, 0.15) is 0 Å². The number of hydrogen-bond acceptors (Lipinski definition) is 1. The van der Waals surface area contributed by atoms with E-state index < -0.39 is 0 Å². The average molecular weight is 221 g/mol. The van der Waals surface area contributed by atoms with Gasteiger partial charge in [0.2, 0.25) is 0 Å². The lowest BCUT2D eigenvalue weighted by Gasteiger charge is -2.27. The van der Waals surface area contributed by atoms with Crippen molar-refractivity contribution in [1.29, 1.82) is 0 Å². The monoisotopic (exact) mass is 221 g/mol. The first-order valence-electron chi connectivity index (χ1n) is 7.04. The molecule has 0 aromatic carbocycles. The van der Waals surface area contributed by atoms with Crippen molar-refractivity contribution in [2.24, 2.45) is 17.8 Å². The fourth-order valence-electron chi connectivity index (χ4n) is 3.15. The second-order valence-corrected chi connectivity index (χ2v) is 6.28. The number of nitrogens with one attached hydrogen (secondary N) is 1. The highest BCUT2D eigenvalue weighted by Crippen LogP contribution is 2.33. The van der Waals surface area contributed by atoms with Gasteiger partial charge in [-0.15, -0.1) is 0 Å². The van der Waals surface area contributed by atoms with Crippen molar-refractivity contribution in [2.75, 3.05) is 6.54 Å². The zero-order chi connectivity index (χ0) is 11.5. The van der Waals surface area contributed by atoms with Crippen LogP contribution in [0.3, 0.4) is 0 Å². The first-order chi connectivity index (χ1) is 7.63. The molecule has 2 rings (SSSR count). The van der Waals surface area contributed by atoms with Gasteiger partial charge in [-0.3, -0.25) is 0 Å². The minimum Gasteiger partial charge on any atom is -0.314 e. The molecule has 0 heterocycles. The maximum atomic E-state index is 3.74. The fourth-order valence-corrected chi connectivity index (χ4v) is 3.15. The Hall–Kier alpha value is -0.300. The lowest BCUT2D eigenvalue weighted by Crippen LogP contribution is -2.33. The van der Waals surface area contributed by atoms with Crippen LogP contribution in [0.5, 0.6) is 0 Å². The molecular formula is C15H27N. The summed E-state index contributed by atoms with van der Waals surface area (Å²) in [6.45, 7) is 8.22. The molecule has 2 aliphatic rings. The molecule has 1 saturated carbocycles. The number of hydrogen-bond donors (Lipinski definition) is 1. The van der Waals surface area contributed by atoms with Gasteiger partial charge in [0.15, 0.2) is 0 Å². The zero-order valence-corrected chi connectivity index (χ0v) is 11.1. The van der Waals surface area contributed by atoms with Crippen LogP contribution in [0.15, 0.2) is 11.6 Å². The minimum absolute atomic E-state index is 0.731. The summed E-state index contributed by atoms with van der Waals surface area (Å²) < 4.78 is 0. The topological polar surface area (TPSA) is 12.0 Å². The van der Waals surface area contributed by atoms with Crippen LogP contribution < -0.4 is 5.32 Å². The normalized spacial score (nSPS) is 32.3. The quantitative estimate of drug-likeness (QED) is 0.697. The van der Waals surface area contributed by atoms with Crippen LogP contribution in [0, 0.1) is 17.8 Å². The Morgan fingerprint density at radius 2 is 2.12 bits per heavy atom. The standard InChI is InChI=1S/C15H27N/c1-11-6-12(2)8-15(7-11)10-16-13(3)9-14-4-5-14/h6,11,13-16H,4-5,7-10H2,1-3H3. The Labute approximate surface area is 101 Å². The van der Waals surface area contributed by atoms with Gasteiger partial charge in [-0.25, -0.2) is 0 Å². The van der Waals surface area contributed by atoms with Crippen molar-refractivity contribution >= 4 is 0 Å². The number of rotatable bonds is 5. The van der Waals surface area contributed by atoms with E-state index >= 15 is 0 Å². The molecule has 2 aliphatic carbocycles. The molecule has 0 spiro atoms. The summed E-state index contributed by atoms with van der Waals surface area (Å²) in [6.07, 6.45) is 9.50. The van der Waals surface area contributed by atoms with E-state index in [1.54, 1.807) is 5.57 Å². The van der Waals surface area contributed by atoms with E-state index in [2.05, 4.69) is 32.2 Å². The van der Waals surface area contributed by atoms with Crippen molar-refractivity contribution in [2.45, 2.75) is 58.9 Å². The van der Waals surface area contributed by atoms with Gasteiger partial charge in [0.05, 0.1) is 0 Å². The summed E-state index contributed by atoms with van der Waals surface area (Å²) in [7, 11) is 0. The molecule has 0 saturated heterocycles. The summed E-state index contributed by atoms with van der Waals surface area (Å²) >= 11 is 0. The second kappa shape index (κ2) is 5.35. The fraction of sp³-hybridized carbons (Fsp3) is 0.867. The van der Waals surface area contributed by atoms with E-state index in [0.29, 0.717) is 0 Å². The molecule has 1 heteroatoms. The molecule has 3 atom stereocenters. The van der Waals surface area contributed by atoms with E-state index in [1.165, 1.54) is 38.6 Å². The molecular weight excluding hydrogens is 194 g/mol. The van der Waals surface area contributed by atoms with Crippen LogP contribution in [0.25, 0.3) is 0 Å². The van der Waals surface area contributed by atoms with Crippen LogP contribution >= 0.6 is 0 Å². The van der Waals surface area contributed by atoms with Crippen molar-refractivity contribution in [1.82, 2.24) is 5.32 Å². The maximum Gasteiger partial charge on any atom is 0.00414 e. The summed E-state index contributed by atoms with van der Waals surface area (Å²) in [5.41, 5.74) is 1.60. The third kappa shape index (κ3) is 3.93. The van der Waals surface area contributed by atoms with E-state index in [-0.39, 0.29) is 0 Å². The Balaban J connectivity index is 1.67. The van der Waals surface area contributed by atoms with Gasteiger partial charge in [-0.2, -0.15) is 0 Å². The first-order valence-corrected chi connectivity index (χ1v) is 7.04. The Morgan fingerprint density at radius 3 is 2.75 bits per heavy atom. The highest BCUT2D eigenvalue weighted by Gasteiger charge is 2.24. The first kappa shape index (κ1) is 12.2. The van der Waals surface area contributed by atoms with E-state index in [9.17, 15) is 0 Å². The minimum atomic E-state index is 0.731. The van der Waals surface area contributed by atoms with Crippen molar-refractivity contribution in [3.63, 3.8) is 0 Å². The van der Waals surface area contributed by atoms with Crippen LogP contribution in [0.4, 0.5) is 0 Å². The van der Waals surface area contributed by atoms with Gasteiger partial charge >= 0.3 is 0 Å². The maximum absolute atomic E-state index is 3.74. The lowest BCUT2D eigenvalue weighted by molar-refractivity contribution is 0.355. The van der Waals surface area contributed by atoms with E-state index in [0.717, 1.165) is 23.8 Å². The third-order valence-electron chi connectivity index (χ3n) is 4.02. The molecule has 92 valence electrons. The van der Waals surface area contributed by atoms with Gasteiger partial charge < -0.3 is 5.32 Å². The Kier molecular flexibility index (Phi) is 4.07. The largest absolute Gasteiger partial charge is 0.314 e. The van der Waals surface area contributed by atoms with Gasteiger partial charge in [0, 0.05) is 6.04 Å². The van der Waals surface area contributed by atoms with Crippen LogP contribution in [-0.4, -0.2) is 12.6 Å². The smallest absolute Gasteiger partial charge is 0.00414 e. The molecule has 1 N–H and O–H groups in total. The second-order valence-electron chi connectivity index (χ2n) is 6.28. The molecule has 1 fully saturated rings. The summed E-state index contributed by atoms with van der Waals surface area (Å²) in [4.78, 5) is 0. The van der Waals surface area contributed by atoms with Crippen molar-refractivity contribution < 1.29 is 0 Å².